The van der Waals surface area contributed by atoms with Gasteiger partial charge in [-0.1, -0.05) is 26.5 Å². The van der Waals surface area contributed by atoms with Crippen molar-refractivity contribution in [2.24, 2.45) is 4.99 Å². The van der Waals surface area contributed by atoms with E-state index in [1.165, 1.54) is 0 Å². The minimum atomic E-state index is -0.0568. The summed E-state index contributed by atoms with van der Waals surface area (Å²) in [6.45, 7) is 14.0. The normalized spacial score (nSPS) is 13.3. The molecule has 0 radical (unpaired) electrons. The molecule has 2 aromatic carbocycles. The van der Waals surface area contributed by atoms with E-state index in [2.05, 4.69) is 37.9 Å². The molecule has 0 unspecified atom stereocenters. The molecule has 0 saturated heterocycles. The fraction of sp³-hybridized carbons (Fsp3) is 0.250. The molecule has 1 aliphatic rings. The Morgan fingerprint density at radius 1 is 1.08 bits per heavy atom. The summed E-state index contributed by atoms with van der Waals surface area (Å²) >= 11 is 0. The molecule has 0 amide bonds. The SMILES string of the molecule is C=c1[nH]cn/c1=C(/N=C(\C)Nc1ccc2nccc(-c3ccc4c(c3)OCO4)c2c1)OC(C)C.CC. The van der Waals surface area contributed by atoms with Gasteiger partial charge in [0.25, 0.3) is 0 Å². The molecule has 36 heavy (non-hydrogen) atoms. The molecule has 0 spiro atoms. The smallest absolute Gasteiger partial charge is 0.244 e. The highest BCUT2D eigenvalue weighted by Crippen LogP contribution is 2.38. The number of aromatic nitrogens is 3. The van der Waals surface area contributed by atoms with Crippen LogP contribution in [0.1, 0.15) is 34.6 Å². The van der Waals surface area contributed by atoms with Gasteiger partial charge in [0.05, 0.1) is 23.3 Å². The average molecular weight is 486 g/mol. The van der Waals surface area contributed by atoms with Gasteiger partial charge in [0.15, 0.2) is 11.5 Å². The van der Waals surface area contributed by atoms with Crippen LogP contribution in [0.15, 0.2) is 60.0 Å². The third kappa shape index (κ3) is 5.33. The molecule has 0 saturated carbocycles. The third-order valence-corrected chi connectivity index (χ3v) is 5.29. The molecule has 0 aliphatic carbocycles. The van der Waals surface area contributed by atoms with E-state index < -0.39 is 0 Å². The van der Waals surface area contributed by atoms with Crippen LogP contribution in [0.3, 0.4) is 0 Å². The summed E-state index contributed by atoms with van der Waals surface area (Å²) in [5.41, 5.74) is 3.85. The maximum atomic E-state index is 5.90. The summed E-state index contributed by atoms with van der Waals surface area (Å²) in [4.78, 5) is 16.4. The number of hydrogen-bond donors (Lipinski definition) is 2. The average Bonchev–Trinajstić information content (AvgIpc) is 3.52. The van der Waals surface area contributed by atoms with Crippen molar-refractivity contribution in [3.8, 4) is 22.6 Å². The Labute approximate surface area is 210 Å². The first-order valence-corrected chi connectivity index (χ1v) is 12.0. The summed E-state index contributed by atoms with van der Waals surface area (Å²) < 4.78 is 16.9. The highest BCUT2D eigenvalue weighted by Gasteiger charge is 2.15. The van der Waals surface area contributed by atoms with E-state index in [4.69, 9.17) is 14.2 Å². The third-order valence-electron chi connectivity index (χ3n) is 5.29. The van der Waals surface area contributed by atoms with Crippen LogP contribution in [0.2, 0.25) is 0 Å². The van der Waals surface area contributed by atoms with E-state index in [1.54, 1.807) is 6.33 Å². The fourth-order valence-corrected chi connectivity index (χ4v) is 3.79. The quantitative estimate of drug-likeness (QED) is 0.311. The maximum absolute atomic E-state index is 5.90. The van der Waals surface area contributed by atoms with Gasteiger partial charge in [-0.25, -0.2) is 4.98 Å². The van der Waals surface area contributed by atoms with Crippen molar-refractivity contribution in [3.63, 3.8) is 0 Å². The van der Waals surface area contributed by atoms with Crippen LogP contribution in [-0.4, -0.2) is 33.7 Å². The molecule has 1 aliphatic heterocycles. The summed E-state index contributed by atoms with van der Waals surface area (Å²) in [5.74, 6) is 2.58. The van der Waals surface area contributed by atoms with Crippen LogP contribution in [0.25, 0.3) is 34.5 Å². The van der Waals surface area contributed by atoms with Crippen LogP contribution in [-0.2, 0) is 4.74 Å². The van der Waals surface area contributed by atoms with E-state index in [1.807, 2.05) is 77.2 Å². The van der Waals surface area contributed by atoms with Crippen molar-refractivity contribution in [3.05, 3.63) is 65.7 Å². The number of hydrogen-bond acceptors (Lipinski definition) is 6. The van der Waals surface area contributed by atoms with Gasteiger partial charge < -0.3 is 24.5 Å². The minimum Gasteiger partial charge on any atom is -0.473 e. The zero-order chi connectivity index (χ0) is 25.7. The molecule has 3 heterocycles. The van der Waals surface area contributed by atoms with E-state index in [9.17, 15) is 0 Å². The molecular weight excluding hydrogens is 454 g/mol. The monoisotopic (exact) mass is 485 g/mol. The second-order valence-corrected chi connectivity index (χ2v) is 8.18. The van der Waals surface area contributed by atoms with Gasteiger partial charge in [0, 0.05) is 17.3 Å². The predicted octanol–water partition coefficient (Wildman–Crippen LogP) is 4.81. The number of aliphatic imine (C=N–C) groups is 1. The Bertz CT molecular complexity index is 1510. The summed E-state index contributed by atoms with van der Waals surface area (Å²) in [5, 5.41) is 5.60. The fourth-order valence-electron chi connectivity index (χ4n) is 3.79. The molecule has 2 aromatic heterocycles. The highest BCUT2D eigenvalue weighted by molar-refractivity contribution is 6.00. The largest absolute Gasteiger partial charge is 0.473 e. The zero-order valence-corrected chi connectivity index (χ0v) is 21.3. The lowest BCUT2D eigenvalue weighted by Crippen LogP contribution is -2.27. The minimum absolute atomic E-state index is 0.0568. The van der Waals surface area contributed by atoms with Crippen molar-refractivity contribution in [2.75, 3.05) is 12.1 Å². The summed E-state index contributed by atoms with van der Waals surface area (Å²) in [6, 6.07) is 14.0. The summed E-state index contributed by atoms with van der Waals surface area (Å²) in [7, 11) is 0. The van der Waals surface area contributed by atoms with Crippen LogP contribution < -0.4 is 25.5 Å². The Hall–Kier alpha value is -4.33. The number of ether oxygens (including phenoxy) is 3. The number of pyridine rings is 1. The lowest BCUT2D eigenvalue weighted by atomic mass is 10.0. The summed E-state index contributed by atoms with van der Waals surface area (Å²) in [6.07, 6.45) is 3.33. The van der Waals surface area contributed by atoms with E-state index >= 15 is 0 Å². The van der Waals surface area contributed by atoms with E-state index in [-0.39, 0.29) is 12.9 Å². The second-order valence-electron chi connectivity index (χ2n) is 8.18. The van der Waals surface area contributed by atoms with Crippen molar-refractivity contribution in [1.29, 1.82) is 0 Å². The lowest BCUT2D eigenvalue weighted by molar-refractivity contribution is 0.174. The molecule has 4 aromatic rings. The molecule has 2 N–H and O–H groups in total. The number of benzene rings is 2. The molecule has 0 atom stereocenters. The Morgan fingerprint density at radius 2 is 1.89 bits per heavy atom. The van der Waals surface area contributed by atoms with Gasteiger partial charge >= 0.3 is 0 Å². The van der Waals surface area contributed by atoms with Crippen LogP contribution in [0.4, 0.5) is 5.69 Å². The predicted molar refractivity (Wildman–Crippen MR) is 144 cm³/mol. The molecule has 8 nitrogen and oxygen atoms in total. The molecular formula is C28H31N5O3. The van der Waals surface area contributed by atoms with Gasteiger partial charge in [-0.2, -0.15) is 4.99 Å². The second kappa shape index (κ2) is 10.9. The van der Waals surface area contributed by atoms with Crippen molar-refractivity contribution in [2.45, 2.75) is 40.7 Å². The number of nitrogens with one attached hydrogen (secondary N) is 2. The highest BCUT2D eigenvalue weighted by atomic mass is 16.7. The standard InChI is InChI=1S/C26H25N5O3.C2H6/c1-15(2)34-26(25-16(3)28-13-29-25)31-17(4)30-19-6-7-22-21(12-19)20(9-10-27-22)18-5-8-23-24(11-18)33-14-32-23;1-2/h5-13,15H,3,14H2,1-2,4H3,(H,28,29)(H,30,31);1-2H3/b26-25-;. The maximum Gasteiger partial charge on any atom is 0.244 e. The zero-order valence-electron chi connectivity index (χ0n) is 21.3. The van der Waals surface area contributed by atoms with E-state index in [0.29, 0.717) is 22.4 Å². The van der Waals surface area contributed by atoms with Crippen LogP contribution in [0.5, 0.6) is 11.5 Å². The van der Waals surface area contributed by atoms with Crippen molar-refractivity contribution in [1.82, 2.24) is 15.0 Å². The van der Waals surface area contributed by atoms with E-state index in [0.717, 1.165) is 39.2 Å². The topological polar surface area (TPSA) is 93.7 Å². The van der Waals surface area contributed by atoms with Crippen molar-refractivity contribution >= 4 is 34.9 Å². The molecule has 0 bridgehead atoms. The number of nitrogens with zero attached hydrogens (tertiary/aromatic N) is 3. The van der Waals surface area contributed by atoms with Crippen LogP contribution >= 0.6 is 0 Å². The molecule has 5 rings (SSSR count). The number of aromatic amines is 1. The first kappa shape index (κ1) is 24.8. The first-order valence-electron chi connectivity index (χ1n) is 12.0. The number of rotatable bonds is 5. The number of anilines is 1. The number of imidazole rings is 1. The van der Waals surface area contributed by atoms with Gasteiger partial charge in [-0.05, 0) is 68.3 Å². The number of H-pyrrole nitrogens is 1. The first-order chi connectivity index (χ1) is 17.5. The van der Waals surface area contributed by atoms with Gasteiger partial charge in [-0.3, -0.25) is 4.98 Å². The molecule has 8 heteroatoms. The lowest BCUT2D eigenvalue weighted by Gasteiger charge is -2.12. The van der Waals surface area contributed by atoms with Gasteiger partial charge in [-0.15, -0.1) is 0 Å². The Balaban J connectivity index is 0.00000148. The van der Waals surface area contributed by atoms with Gasteiger partial charge in [0.1, 0.15) is 11.2 Å². The Kier molecular flexibility index (Phi) is 7.53. The molecule has 186 valence electrons. The Morgan fingerprint density at radius 3 is 2.64 bits per heavy atom. The van der Waals surface area contributed by atoms with Crippen LogP contribution in [0, 0.1) is 0 Å². The van der Waals surface area contributed by atoms with Crippen molar-refractivity contribution < 1.29 is 14.2 Å². The number of amidine groups is 1. The molecule has 0 fully saturated rings. The van der Waals surface area contributed by atoms with Gasteiger partial charge in [0.2, 0.25) is 12.7 Å². The number of fused-ring (bicyclic) bond motifs is 2.